The molecule has 1 aliphatic rings. The second-order valence-corrected chi connectivity index (χ2v) is 4.87. The number of hydrogen-bond donors (Lipinski definition) is 1. The molecule has 0 aromatic heterocycles. The molecule has 0 atom stereocenters. The fourth-order valence-corrected chi connectivity index (χ4v) is 2.38. The summed E-state index contributed by atoms with van der Waals surface area (Å²) in [5.41, 5.74) is 4.25. The van der Waals surface area contributed by atoms with Gasteiger partial charge in [-0.2, -0.15) is 0 Å². The quantitative estimate of drug-likeness (QED) is 0.927. The number of ether oxygens (including phenoxy) is 1. The van der Waals surface area contributed by atoms with Crippen LogP contribution in [0.25, 0.3) is 6.08 Å². The lowest BCUT2D eigenvalue weighted by atomic mass is 10.1. The lowest BCUT2D eigenvalue weighted by Crippen LogP contribution is -2.31. The standard InChI is InChI=1S/C17H17NO2/c1-2-13-3-6-16(7-4-13)18-10-15-9-14(11-19)5-8-17(15)20-12-18/h2-9,19H,1,10-12H2. The number of aliphatic hydroxyl groups is 1. The van der Waals surface area contributed by atoms with Crippen molar-refractivity contribution in [2.24, 2.45) is 0 Å². The maximum absolute atomic E-state index is 9.22. The average molecular weight is 267 g/mol. The van der Waals surface area contributed by atoms with Gasteiger partial charge in [-0.3, -0.25) is 0 Å². The Morgan fingerprint density at radius 1 is 1.20 bits per heavy atom. The minimum absolute atomic E-state index is 0.0569. The van der Waals surface area contributed by atoms with Crippen molar-refractivity contribution in [3.63, 3.8) is 0 Å². The summed E-state index contributed by atoms with van der Waals surface area (Å²) in [6.45, 7) is 5.15. The zero-order chi connectivity index (χ0) is 13.9. The van der Waals surface area contributed by atoms with Crippen molar-refractivity contribution in [3.05, 3.63) is 65.7 Å². The summed E-state index contributed by atoms with van der Waals surface area (Å²) in [6, 6.07) is 14.1. The molecule has 3 rings (SSSR count). The molecule has 0 aliphatic carbocycles. The first kappa shape index (κ1) is 12.8. The van der Waals surface area contributed by atoms with Crippen LogP contribution in [0.2, 0.25) is 0 Å². The predicted octanol–water partition coefficient (Wildman–Crippen LogP) is 3.18. The van der Waals surface area contributed by atoms with Gasteiger partial charge in [0.1, 0.15) is 5.75 Å². The number of anilines is 1. The van der Waals surface area contributed by atoms with Crippen molar-refractivity contribution in [1.82, 2.24) is 0 Å². The highest BCUT2D eigenvalue weighted by Crippen LogP contribution is 2.29. The molecule has 3 nitrogen and oxygen atoms in total. The SMILES string of the molecule is C=Cc1ccc(N2COc3ccc(CO)cc3C2)cc1. The van der Waals surface area contributed by atoms with Crippen LogP contribution in [0.15, 0.2) is 49.0 Å². The molecule has 0 amide bonds. The van der Waals surface area contributed by atoms with Crippen LogP contribution < -0.4 is 9.64 Å². The van der Waals surface area contributed by atoms with Crippen molar-refractivity contribution < 1.29 is 9.84 Å². The number of rotatable bonds is 3. The van der Waals surface area contributed by atoms with Crippen molar-refractivity contribution in [2.45, 2.75) is 13.2 Å². The summed E-state index contributed by atoms with van der Waals surface area (Å²) in [7, 11) is 0. The normalized spacial score (nSPS) is 13.6. The molecule has 0 fully saturated rings. The van der Waals surface area contributed by atoms with E-state index in [-0.39, 0.29) is 6.61 Å². The molecule has 0 bridgehead atoms. The van der Waals surface area contributed by atoms with Crippen LogP contribution in [0.3, 0.4) is 0 Å². The number of fused-ring (bicyclic) bond motifs is 1. The van der Waals surface area contributed by atoms with Gasteiger partial charge in [-0.1, -0.05) is 30.9 Å². The van der Waals surface area contributed by atoms with Gasteiger partial charge in [-0.25, -0.2) is 0 Å². The van der Waals surface area contributed by atoms with Gasteiger partial charge in [-0.15, -0.1) is 0 Å². The Morgan fingerprint density at radius 3 is 2.70 bits per heavy atom. The van der Waals surface area contributed by atoms with E-state index in [1.165, 1.54) is 0 Å². The molecule has 3 heteroatoms. The van der Waals surface area contributed by atoms with Crippen LogP contribution in [0.5, 0.6) is 5.75 Å². The molecule has 0 saturated heterocycles. The third kappa shape index (κ3) is 2.40. The molecule has 0 spiro atoms. The molecule has 102 valence electrons. The molecule has 2 aromatic carbocycles. The van der Waals surface area contributed by atoms with Gasteiger partial charge in [0.2, 0.25) is 0 Å². The van der Waals surface area contributed by atoms with Crippen LogP contribution in [-0.4, -0.2) is 11.8 Å². The molecule has 0 unspecified atom stereocenters. The summed E-state index contributed by atoms with van der Waals surface area (Å²) in [5, 5.41) is 9.22. The minimum atomic E-state index is 0.0569. The minimum Gasteiger partial charge on any atom is -0.473 e. The Balaban J connectivity index is 1.84. The second-order valence-electron chi connectivity index (χ2n) is 4.87. The number of benzene rings is 2. The van der Waals surface area contributed by atoms with Gasteiger partial charge in [0, 0.05) is 17.8 Å². The second kappa shape index (κ2) is 5.39. The summed E-state index contributed by atoms with van der Waals surface area (Å²) in [5.74, 6) is 0.904. The van der Waals surface area contributed by atoms with Crippen molar-refractivity contribution in [3.8, 4) is 5.75 Å². The highest BCUT2D eigenvalue weighted by atomic mass is 16.5. The molecule has 20 heavy (non-hydrogen) atoms. The van der Waals surface area contributed by atoms with E-state index in [2.05, 4.69) is 23.6 Å². The van der Waals surface area contributed by atoms with E-state index in [1.54, 1.807) is 0 Å². The Hall–Kier alpha value is -2.26. The highest BCUT2D eigenvalue weighted by molar-refractivity contribution is 5.56. The van der Waals surface area contributed by atoms with E-state index in [1.807, 2.05) is 36.4 Å². The van der Waals surface area contributed by atoms with Crippen LogP contribution in [-0.2, 0) is 13.2 Å². The monoisotopic (exact) mass is 267 g/mol. The fraction of sp³-hybridized carbons (Fsp3) is 0.176. The first-order valence-electron chi connectivity index (χ1n) is 6.63. The summed E-state index contributed by atoms with van der Waals surface area (Å²) in [6.07, 6.45) is 1.83. The largest absolute Gasteiger partial charge is 0.473 e. The van der Waals surface area contributed by atoms with Crippen LogP contribution >= 0.6 is 0 Å². The summed E-state index contributed by atoms with van der Waals surface area (Å²) in [4.78, 5) is 2.16. The Bertz CT molecular complexity index is 619. The summed E-state index contributed by atoms with van der Waals surface area (Å²) >= 11 is 0. The Labute approximate surface area is 118 Å². The molecular weight excluding hydrogens is 250 g/mol. The molecule has 0 saturated carbocycles. The molecular formula is C17H17NO2. The molecule has 2 aromatic rings. The van der Waals surface area contributed by atoms with Crippen molar-refractivity contribution in [2.75, 3.05) is 11.6 Å². The maximum atomic E-state index is 9.22. The average Bonchev–Trinajstić information content (AvgIpc) is 2.54. The fourth-order valence-electron chi connectivity index (χ4n) is 2.38. The van der Waals surface area contributed by atoms with E-state index in [9.17, 15) is 5.11 Å². The van der Waals surface area contributed by atoms with Gasteiger partial charge in [0.25, 0.3) is 0 Å². The third-order valence-corrected chi connectivity index (χ3v) is 3.54. The van der Waals surface area contributed by atoms with E-state index in [0.29, 0.717) is 6.73 Å². The van der Waals surface area contributed by atoms with Crippen LogP contribution in [0.1, 0.15) is 16.7 Å². The van der Waals surface area contributed by atoms with E-state index in [0.717, 1.165) is 34.7 Å². The first-order valence-corrected chi connectivity index (χ1v) is 6.63. The van der Waals surface area contributed by atoms with Gasteiger partial charge < -0.3 is 14.7 Å². The van der Waals surface area contributed by atoms with Crippen LogP contribution in [0, 0.1) is 0 Å². The predicted molar refractivity (Wildman–Crippen MR) is 80.6 cm³/mol. The number of nitrogens with zero attached hydrogens (tertiary/aromatic N) is 1. The smallest absolute Gasteiger partial charge is 0.161 e. The van der Waals surface area contributed by atoms with Crippen LogP contribution in [0.4, 0.5) is 5.69 Å². The van der Waals surface area contributed by atoms with Crippen molar-refractivity contribution >= 4 is 11.8 Å². The Morgan fingerprint density at radius 2 is 2.00 bits per heavy atom. The van der Waals surface area contributed by atoms with Gasteiger partial charge >= 0.3 is 0 Å². The molecule has 0 radical (unpaired) electrons. The molecule has 1 aliphatic heterocycles. The van der Waals surface area contributed by atoms with Gasteiger partial charge in [-0.05, 0) is 35.4 Å². The summed E-state index contributed by atoms with van der Waals surface area (Å²) < 4.78 is 5.77. The lowest BCUT2D eigenvalue weighted by Gasteiger charge is -2.31. The first-order chi connectivity index (χ1) is 9.80. The maximum Gasteiger partial charge on any atom is 0.161 e. The van der Waals surface area contributed by atoms with Gasteiger partial charge in [0.05, 0.1) is 6.61 Å². The Kier molecular flexibility index (Phi) is 3.44. The van der Waals surface area contributed by atoms with E-state index in [4.69, 9.17) is 4.74 Å². The van der Waals surface area contributed by atoms with E-state index < -0.39 is 0 Å². The third-order valence-electron chi connectivity index (χ3n) is 3.54. The number of aliphatic hydroxyl groups excluding tert-OH is 1. The lowest BCUT2D eigenvalue weighted by molar-refractivity contribution is 0.277. The zero-order valence-corrected chi connectivity index (χ0v) is 11.2. The zero-order valence-electron chi connectivity index (χ0n) is 11.2. The highest BCUT2D eigenvalue weighted by Gasteiger charge is 2.17. The molecule has 1 N–H and O–H groups in total. The van der Waals surface area contributed by atoms with Crippen molar-refractivity contribution in [1.29, 1.82) is 0 Å². The van der Waals surface area contributed by atoms with E-state index >= 15 is 0 Å². The molecule has 1 heterocycles. The topological polar surface area (TPSA) is 32.7 Å². The number of hydrogen-bond acceptors (Lipinski definition) is 3. The van der Waals surface area contributed by atoms with Gasteiger partial charge in [0.15, 0.2) is 6.73 Å².